The van der Waals surface area contributed by atoms with Gasteiger partial charge in [-0.1, -0.05) is 117 Å². The van der Waals surface area contributed by atoms with Crippen LogP contribution in [0.1, 0.15) is 138 Å². The van der Waals surface area contributed by atoms with Gasteiger partial charge in [-0.2, -0.15) is 22.0 Å². The number of fused-ring (bicyclic) bond motifs is 5. The molecule has 1 N–H and O–H groups in total. The summed E-state index contributed by atoms with van der Waals surface area (Å²) in [6.07, 6.45) is 4.86. The quantitative estimate of drug-likeness (QED) is 0.0432. The minimum Gasteiger partial charge on any atom is -0.616 e. The number of carbonyl (C=O) groups excluding carboxylic acids is 1. The van der Waals surface area contributed by atoms with Crippen LogP contribution >= 0.6 is 7.82 Å². The summed E-state index contributed by atoms with van der Waals surface area (Å²) in [5.74, 6) is -2.32. The van der Waals surface area contributed by atoms with Crippen molar-refractivity contribution in [3.8, 4) is 5.75 Å². The first-order chi connectivity index (χ1) is 32.5. The Bertz CT molecular complexity index is 2050. The molecule has 4 aliphatic rings. The predicted octanol–water partition coefficient (Wildman–Crippen LogP) is 13.5. The normalized spacial score (nSPS) is 24.8. The number of carbonyl (C=O) groups is 1. The van der Waals surface area contributed by atoms with Crippen LogP contribution in [0.25, 0.3) is 0 Å². The van der Waals surface area contributed by atoms with Crippen LogP contribution in [0, 0.1) is 23.2 Å². The van der Waals surface area contributed by atoms with Gasteiger partial charge in [0.25, 0.3) is 0 Å². The molecule has 1 unspecified atom stereocenters. The molecule has 1 aliphatic heterocycles. The Hall–Kier alpha value is -3.04. The number of hydrogen-bond donors (Lipinski definition) is 1. The molecule has 68 heavy (non-hydrogen) atoms. The molecule has 3 aromatic carbocycles. The summed E-state index contributed by atoms with van der Waals surface area (Å²) in [5, 5.41) is 11.2. The molecule has 1 heterocycles. The molecule has 376 valence electrons. The van der Waals surface area contributed by atoms with Crippen LogP contribution in [-0.2, 0) is 48.9 Å². The fraction of sp³-hybridized carbons (Fsp3) is 0.635. The molecule has 0 aromatic heterocycles. The van der Waals surface area contributed by atoms with Gasteiger partial charge in [-0.3, -0.25) is 13.6 Å². The molecule has 1 amide bonds. The molecule has 3 aromatic rings. The molecule has 16 heteroatoms. The average Bonchev–Trinajstić information content (AvgIpc) is 3.63. The van der Waals surface area contributed by atoms with Gasteiger partial charge in [0.15, 0.2) is 0 Å². The van der Waals surface area contributed by atoms with Crippen molar-refractivity contribution in [2.24, 2.45) is 23.2 Å². The van der Waals surface area contributed by atoms with Gasteiger partial charge in [-0.15, -0.1) is 0 Å². The number of phosphoric acid groups is 1. The number of halogens is 5. The lowest BCUT2D eigenvalue weighted by atomic mass is 9.52. The van der Waals surface area contributed by atoms with Gasteiger partial charge in [0.05, 0.1) is 25.4 Å². The third-order valence-electron chi connectivity index (χ3n) is 15.2. The summed E-state index contributed by atoms with van der Waals surface area (Å²) < 4.78 is 113. The Kier molecular flexibility index (Phi) is 18.6. The van der Waals surface area contributed by atoms with E-state index >= 15 is 0 Å². The Morgan fingerprint density at radius 1 is 0.809 bits per heavy atom. The molecule has 0 radical (unpaired) electrons. The topological polar surface area (TPSA) is 118 Å². The van der Waals surface area contributed by atoms with Crippen molar-refractivity contribution in [2.45, 2.75) is 160 Å². The van der Waals surface area contributed by atoms with E-state index in [2.05, 4.69) is 19.1 Å². The van der Waals surface area contributed by atoms with Crippen molar-refractivity contribution in [1.29, 1.82) is 0 Å². The van der Waals surface area contributed by atoms with E-state index in [1.807, 2.05) is 66.7 Å². The smallest absolute Gasteiger partial charge is 0.475 e. The maximum absolute atomic E-state index is 14.0. The molecule has 3 fully saturated rings. The first kappa shape index (κ1) is 52.8. The van der Waals surface area contributed by atoms with Crippen LogP contribution in [0.5, 0.6) is 5.75 Å². The van der Waals surface area contributed by atoms with Crippen molar-refractivity contribution in [2.75, 3.05) is 24.6 Å². The van der Waals surface area contributed by atoms with Crippen molar-refractivity contribution < 1.29 is 59.3 Å². The van der Waals surface area contributed by atoms with E-state index in [1.54, 1.807) is 4.90 Å². The van der Waals surface area contributed by atoms with Gasteiger partial charge in [0, 0.05) is 19.5 Å². The molecule has 0 spiro atoms. The number of rotatable bonds is 23. The zero-order valence-corrected chi connectivity index (χ0v) is 40.9. The summed E-state index contributed by atoms with van der Waals surface area (Å²) in [5.41, 5.74) is 4.16. The Labute approximate surface area is 402 Å². The van der Waals surface area contributed by atoms with E-state index in [0.29, 0.717) is 67.5 Å². The maximum atomic E-state index is 14.0. The van der Waals surface area contributed by atoms with Crippen molar-refractivity contribution >= 4 is 25.1 Å². The van der Waals surface area contributed by atoms with E-state index in [-0.39, 0.29) is 30.5 Å². The third kappa shape index (κ3) is 13.9. The lowest BCUT2D eigenvalue weighted by molar-refractivity contribution is -0.284. The van der Waals surface area contributed by atoms with Gasteiger partial charge in [0.1, 0.15) is 17.3 Å². The van der Waals surface area contributed by atoms with E-state index in [0.717, 1.165) is 88.2 Å². The number of benzene rings is 3. The lowest BCUT2D eigenvalue weighted by Gasteiger charge is -2.53. The molecule has 0 bridgehead atoms. The second-order valence-corrected chi connectivity index (χ2v) is 23.1. The lowest BCUT2D eigenvalue weighted by Crippen LogP contribution is -2.47. The Morgan fingerprint density at radius 2 is 1.41 bits per heavy atom. The van der Waals surface area contributed by atoms with E-state index in [1.165, 1.54) is 11.1 Å². The number of amides is 1. The summed E-state index contributed by atoms with van der Waals surface area (Å²) >= 11 is -1.40. The van der Waals surface area contributed by atoms with Gasteiger partial charge >= 0.3 is 26.0 Å². The Balaban J connectivity index is 0.882. The summed E-state index contributed by atoms with van der Waals surface area (Å²) in [6, 6.07) is 25.0. The fourth-order valence-electron chi connectivity index (χ4n) is 11.4. The first-order valence-electron chi connectivity index (χ1n) is 24.8. The second-order valence-electron chi connectivity index (χ2n) is 19.8. The van der Waals surface area contributed by atoms with Gasteiger partial charge in [-0.25, -0.2) is 9.36 Å². The van der Waals surface area contributed by atoms with Gasteiger partial charge < -0.3 is 19.3 Å². The molecule has 3 aliphatic carbocycles. The summed E-state index contributed by atoms with van der Waals surface area (Å²) in [6.45, 7) is 3.12. The van der Waals surface area contributed by atoms with Crippen molar-refractivity contribution in [3.63, 3.8) is 0 Å². The number of phosphoric ester groups is 1. The zero-order chi connectivity index (χ0) is 48.4. The van der Waals surface area contributed by atoms with Crippen molar-refractivity contribution in [3.05, 3.63) is 101 Å². The molecular formula is C52H69F5NO8PS. The highest BCUT2D eigenvalue weighted by atomic mass is 32.2. The largest absolute Gasteiger partial charge is 0.616 e. The second kappa shape index (κ2) is 23.9. The number of unbranched alkanes of at least 4 members (excludes halogenated alkanes) is 6. The number of alkyl halides is 5. The standard InChI is InChI=1S/C52H69F5NO8PS/c1-50-29-25-45-44-22-21-43(65-49(60)58-30-26-42(27-31-58)66-67(61,63-36-38-16-9-7-10-17-38)64-37-39-18-11-8-12-19-39)35-41(44)34-40(48(45)46(50)23-24-47(50)59)20-13-5-3-2-4-6-14-32-68(62)33-15-28-51(53,54)52(55,56)57/h7-12,16-19,21-22,35,40,42,45-48,59H,2-6,13-15,20,23-34,36-37H2,1H3/t40-,45-,46+,47+,48-,50+,68?/m1/s1. The van der Waals surface area contributed by atoms with E-state index in [9.17, 15) is 41.0 Å². The van der Waals surface area contributed by atoms with Gasteiger partial charge in [-0.05, 0) is 134 Å². The number of likely N-dealkylation sites (tertiary alicyclic amines) is 1. The van der Waals surface area contributed by atoms with Crippen LogP contribution in [0.2, 0.25) is 0 Å². The molecule has 9 nitrogen and oxygen atoms in total. The predicted molar refractivity (Wildman–Crippen MR) is 253 cm³/mol. The number of nitrogens with zero attached hydrogens (tertiary/aromatic N) is 1. The van der Waals surface area contributed by atoms with E-state index in [4.69, 9.17) is 18.3 Å². The molecule has 7 rings (SSSR count). The Morgan fingerprint density at radius 3 is 2.04 bits per heavy atom. The minimum atomic E-state index is -5.57. The molecular weight excluding hydrogens is 925 g/mol. The van der Waals surface area contributed by atoms with Crippen molar-refractivity contribution in [1.82, 2.24) is 4.90 Å². The van der Waals surface area contributed by atoms with Crippen LogP contribution < -0.4 is 4.74 Å². The number of aliphatic hydroxyl groups is 1. The van der Waals surface area contributed by atoms with Crippen LogP contribution in [-0.4, -0.2) is 69.6 Å². The highest BCUT2D eigenvalue weighted by Crippen LogP contribution is 2.63. The van der Waals surface area contributed by atoms with Crippen LogP contribution in [0.3, 0.4) is 0 Å². The van der Waals surface area contributed by atoms with Crippen LogP contribution in [0.4, 0.5) is 26.7 Å². The molecule has 1 saturated heterocycles. The monoisotopic (exact) mass is 993 g/mol. The zero-order valence-electron chi connectivity index (χ0n) is 39.2. The minimum absolute atomic E-state index is 0.0594. The number of piperidine rings is 1. The summed E-state index contributed by atoms with van der Waals surface area (Å²) in [4.78, 5) is 15.3. The fourth-order valence-corrected chi connectivity index (χ4v) is 14.0. The third-order valence-corrected chi connectivity index (χ3v) is 18.1. The number of ether oxygens (including phenoxy) is 1. The average molecular weight is 994 g/mol. The number of aliphatic hydroxyl groups excluding tert-OH is 1. The first-order valence-corrected chi connectivity index (χ1v) is 27.7. The van der Waals surface area contributed by atoms with Gasteiger partial charge in [0.2, 0.25) is 0 Å². The summed E-state index contributed by atoms with van der Waals surface area (Å²) in [7, 11) is -3.98. The highest BCUT2D eigenvalue weighted by molar-refractivity contribution is 7.91. The SMILES string of the molecule is C[C@]12CC[C@@H]3c4ccc(OC(=O)N5CCC(OP(=O)(OCc6ccccc6)OCc6ccccc6)CC5)cc4C[C@@H](CCCCCCCCC[S+]([O-])CCCC(F)(F)C(F)(F)F)[C@H]3[C@@H]1CC[C@@H]2O. The number of hydrogen-bond acceptors (Lipinski definition) is 8. The van der Waals surface area contributed by atoms with E-state index < -0.39 is 56.1 Å². The molecule has 7 atom stereocenters. The molecule has 2 saturated carbocycles. The maximum Gasteiger partial charge on any atom is 0.475 e. The van der Waals surface area contributed by atoms with Crippen LogP contribution in [0.15, 0.2) is 78.9 Å². The highest BCUT2D eigenvalue weighted by Gasteiger charge is 2.57.